The van der Waals surface area contributed by atoms with Crippen molar-refractivity contribution in [2.75, 3.05) is 13.2 Å². The second-order valence-electron chi connectivity index (χ2n) is 7.00. The Balaban J connectivity index is 1.45. The molecule has 0 spiro atoms. The van der Waals surface area contributed by atoms with Crippen LogP contribution in [0, 0.1) is 0 Å². The van der Waals surface area contributed by atoms with Gasteiger partial charge in [0.25, 0.3) is 5.91 Å². The fourth-order valence-electron chi connectivity index (χ4n) is 3.32. The predicted octanol–water partition coefficient (Wildman–Crippen LogP) is 3.69. The maximum absolute atomic E-state index is 12.8. The van der Waals surface area contributed by atoms with Crippen molar-refractivity contribution in [1.82, 2.24) is 5.32 Å². The van der Waals surface area contributed by atoms with Gasteiger partial charge >= 0.3 is 0 Å². The average molecular weight is 415 g/mol. The summed E-state index contributed by atoms with van der Waals surface area (Å²) in [4.78, 5) is 25.1. The topological polar surface area (TPSA) is 88.8 Å². The molecule has 0 bridgehead atoms. The third-order valence-electron chi connectivity index (χ3n) is 4.92. The molecular weight excluding hydrogens is 394 g/mol. The predicted molar refractivity (Wildman–Crippen MR) is 118 cm³/mol. The van der Waals surface area contributed by atoms with Gasteiger partial charge in [0, 0.05) is 6.07 Å². The van der Waals surface area contributed by atoms with Gasteiger partial charge in [0.1, 0.15) is 17.6 Å². The number of carbonyl (C=O) groups is 1. The Labute approximate surface area is 178 Å². The molecule has 1 aromatic heterocycles. The van der Waals surface area contributed by atoms with E-state index in [0.717, 1.165) is 11.1 Å². The van der Waals surface area contributed by atoms with E-state index in [2.05, 4.69) is 5.32 Å². The minimum Gasteiger partial charge on any atom is -0.484 e. The lowest BCUT2D eigenvalue weighted by Crippen LogP contribution is -2.34. The molecule has 156 valence electrons. The minimum absolute atomic E-state index is 0.134. The second kappa shape index (κ2) is 9.28. The fourth-order valence-corrected chi connectivity index (χ4v) is 3.32. The Morgan fingerprint density at radius 3 is 2.42 bits per heavy atom. The van der Waals surface area contributed by atoms with Crippen LogP contribution in [0.1, 0.15) is 11.6 Å². The van der Waals surface area contributed by atoms with E-state index < -0.39 is 6.04 Å². The normalized spacial score (nSPS) is 11.8. The number of aliphatic hydroxyl groups excluding tert-OH is 1. The smallest absolute Gasteiger partial charge is 0.258 e. The highest BCUT2D eigenvalue weighted by atomic mass is 16.5. The van der Waals surface area contributed by atoms with Gasteiger partial charge in [-0.1, -0.05) is 60.7 Å². The number of rotatable bonds is 7. The molecule has 6 heteroatoms. The molecular formula is C25H21NO5. The third-order valence-corrected chi connectivity index (χ3v) is 4.92. The SMILES string of the molecule is O=C(COc1ccc2c(=O)c(-c3ccccc3)coc2c1)NC(CO)c1ccccc1. The molecule has 3 aromatic carbocycles. The highest BCUT2D eigenvalue weighted by Gasteiger charge is 2.14. The molecule has 0 aliphatic carbocycles. The lowest BCUT2D eigenvalue weighted by Gasteiger charge is -2.17. The first-order valence-corrected chi connectivity index (χ1v) is 9.84. The Kier molecular flexibility index (Phi) is 6.10. The highest BCUT2D eigenvalue weighted by molar-refractivity contribution is 5.83. The van der Waals surface area contributed by atoms with Crippen molar-refractivity contribution in [3.05, 3.63) is 101 Å². The van der Waals surface area contributed by atoms with Gasteiger partial charge in [-0.2, -0.15) is 0 Å². The standard InChI is InChI=1S/C25H21NO5/c27-14-22(18-9-5-2-6-10-18)26-24(28)16-30-19-11-12-20-23(13-19)31-15-21(25(20)29)17-7-3-1-4-8-17/h1-13,15,22,27H,14,16H2,(H,26,28). The number of hydrogen-bond acceptors (Lipinski definition) is 5. The maximum atomic E-state index is 12.8. The van der Waals surface area contributed by atoms with Crippen LogP contribution in [-0.4, -0.2) is 24.2 Å². The van der Waals surface area contributed by atoms with Gasteiger partial charge in [-0.3, -0.25) is 9.59 Å². The van der Waals surface area contributed by atoms with E-state index >= 15 is 0 Å². The fraction of sp³-hybridized carbons (Fsp3) is 0.120. The van der Waals surface area contributed by atoms with Gasteiger partial charge in [0.05, 0.1) is 23.6 Å². The zero-order valence-electron chi connectivity index (χ0n) is 16.7. The quantitative estimate of drug-likeness (QED) is 0.481. The lowest BCUT2D eigenvalue weighted by molar-refractivity contribution is -0.124. The summed E-state index contributed by atoms with van der Waals surface area (Å²) in [6.07, 6.45) is 1.43. The van der Waals surface area contributed by atoms with Crippen molar-refractivity contribution < 1.29 is 19.1 Å². The first kappa shape index (κ1) is 20.4. The van der Waals surface area contributed by atoms with E-state index in [1.807, 2.05) is 60.7 Å². The highest BCUT2D eigenvalue weighted by Crippen LogP contribution is 2.23. The molecule has 1 atom stereocenters. The maximum Gasteiger partial charge on any atom is 0.258 e. The first-order chi connectivity index (χ1) is 15.2. The molecule has 0 fully saturated rings. The molecule has 0 aliphatic heterocycles. The summed E-state index contributed by atoms with van der Waals surface area (Å²) < 4.78 is 11.2. The van der Waals surface area contributed by atoms with Crippen LogP contribution in [0.3, 0.4) is 0 Å². The monoisotopic (exact) mass is 415 g/mol. The molecule has 0 radical (unpaired) electrons. The van der Waals surface area contributed by atoms with Gasteiger partial charge in [-0.15, -0.1) is 0 Å². The van der Waals surface area contributed by atoms with Crippen LogP contribution in [-0.2, 0) is 4.79 Å². The van der Waals surface area contributed by atoms with Crippen molar-refractivity contribution in [3.8, 4) is 16.9 Å². The van der Waals surface area contributed by atoms with Gasteiger partial charge in [0.2, 0.25) is 0 Å². The molecule has 1 unspecified atom stereocenters. The molecule has 4 aromatic rings. The van der Waals surface area contributed by atoms with Crippen molar-refractivity contribution in [2.45, 2.75) is 6.04 Å². The Morgan fingerprint density at radius 1 is 1.00 bits per heavy atom. The van der Waals surface area contributed by atoms with Crippen molar-refractivity contribution in [3.63, 3.8) is 0 Å². The van der Waals surface area contributed by atoms with Crippen LogP contribution in [0.25, 0.3) is 22.1 Å². The van der Waals surface area contributed by atoms with Crippen LogP contribution < -0.4 is 15.5 Å². The number of benzene rings is 3. The van der Waals surface area contributed by atoms with E-state index in [9.17, 15) is 14.7 Å². The van der Waals surface area contributed by atoms with E-state index in [4.69, 9.17) is 9.15 Å². The summed E-state index contributed by atoms with van der Waals surface area (Å²) >= 11 is 0. The average Bonchev–Trinajstić information content (AvgIpc) is 2.82. The number of ether oxygens (including phenoxy) is 1. The van der Waals surface area contributed by atoms with Crippen LogP contribution in [0.4, 0.5) is 0 Å². The van der Waals surface area contributed by atoms with Gasteiger partial charge < -0.3 is 19.6 Å². The molecule has 0 saturated heterocycles. The molecule has 2 N–H and O–H groups in total. The van der Waals surface area contributed by atoms with Gasteiger partial charge in [0.15, 0.2) is 12.0 Å². The largest absolute Gasteiger partial charge is 0.484 e. The van der Waals surface area contributed by atoms with Crippen LogP contribution in [0.5, 0.6) is 5.75 Å². The summed E-state index contributed by atoms with van der Waals surface area (Å²) in [5.41, 5.74) is 2.31. The number of amides is 1. The number of aliphatic hydroxyl groups is 1. The van der Waals surface area contributed by atoms with Crippen LogP contribution in [0.15, 0.2) is 94.3 Å². The minimum atomic E-state index is -0.511. The van der Waals surface area contributed by atoms with E-state index in [1.54, 1.807) is 18.2 Å². The summed E-state index contributed by atoms with van der Waals surface area (Å²) in [6.45, 7) is -0.457. The summed E-state index contributed by atoms with van der Waals surface area (Å²) in [5, 5.41) is 12.7. The second-order valence-corrected chi connectivity index (χ2v) is 7.00. The molecule has 1 heterocycles. The third kappa shape index (κ3) is 4.65. The Bertz CT molecular complexity index is 1240. The zero-order chi connectivity index (χ0) is 21.6. The van der Waals surface area contributed by atoms with E-state index in [-0.39, 0.29) is 24.5 Å². The van der Waals surface area contributed by atoms with Crippen LogP contribution >= 0.6 is 0 Å². The van der Waals surface area contributed by atoms with Crippen LogP contribution in [0.2, 0.25) is 0 Å². The number of nitrogens with one attached hydrogen (secondary N) is 1. The number of hydrogen-bond donors (Lipinski definition) is 2. The summed E-state index contributed by atoms with van der Waals surface area (Å²) in [7, 11) is 0. The molecule has 6 nitrogen and oxygen atoms in total. The van der Waals surface area contributed by atoms with Crippen molar-refractivity contribution in [1.29, 1.82) is 0 Å². The number of carbonyl (C=O) groups excluding carboxylic acids is 1. The first-order valence-electron chi connectivity index (χ1n) is 9.84. The summed E-state index contributed by atoms with van der Waals surface area (Å²) in [5.74, 6) is 0.0300. The van der Waals surface area contributed by atoms with Crippen molar-refractivity contribution >= 4 is 16.9 Å². The van der Waals surface area contributed by atoms with E-state index in [1.165, 1.54) is 6.26 Å². The van der Waals surface area contributed by atoms with E-state index in [0.29, 0.717) is 22.3 Å². The molecule has 4 rings (SSSR count). The molecule has 0 saturated carbocycles. The molecule has 0 aliphatic rings. The van der Waals surface area contributed by atoms with Gasteiger partial charge in [-0.05, 0) is 23.3 Å². The summed E-state index contributed by atoms with van der Waals surface area (Å²) in [6, 6.07) is 22.8. The Hall–Kier alpha value is -3.90. The zero-order valence-corrected chi connectivity index (χ0v) is 16.7. The number of fused-ring (bicyclic) bond motifs is 1. The molecule has 31 heavy (non-hydrogen) atoms. The Morgan fingerprint density at radius 2 is 1.71 bits per heavy atom. The van der Waals surface area contributed by atoms with Gasteiger partial charge in [-0.25, -0.2) is 0 Å². The molecule has 1 amide bonds. The lowest BCUT2D eigenvalue weighted by atomic mass is 10.1. The van der Waals surface area contributed by atoms with Crippen molar-refractivity contribution in [2.24, 2.45) is 0 Å².